The Morgan fingerprint density at radius 3 is 2.30 bits per heavy atom. The molecule has 3 rings (SSSR count). The molecule has 0 bridgehead atoms. The Morgan fingerprint density at radius 2 is 1.65 bits per heavy atom. The summed E-state index contributed by atoms with van der Waals surface area (Å²) in [5, 5.41) is 7.66. The number of benzene rings is 2. The molecule has 1 aromatic heterocycles. The number of hydrogen-bond donors (Lipinski definition) is 2. The van der Waals surface area contributed by atoms with E-state index in [-0.39, 0.29) is 6.03 Å². The number of thiazole rings is 1. The van der Waals surface area contributed by atoms with E-state index in [1.165, 1.54) is 5.56 Å². The highest BCUT2D eigenvalue weighted by Crippen LogP contribution is 2.21. The van der Waals surface area contributed by atoms with Crippen LogP contribution in [0.25, 0.3) is 11.3 Å². The molecule has 0 fully saturated rings. The summed E-state index contributed by atoms with van der Waals surface area (Å²) in [6, 6.07) is 13.2. The molecule has 4 nitrogen and oxygen atoms in total. The van der Waals surface area contributed by atoms with Crippen LogP contribution in [0.4, 0.5) is 16.2 Å². The Morgan fingerprint density at radius 1 is 0.957 bits per heavy atom. The highest BCUT2D eigenvalue weighted by atomic mass is 32.1. The maximum Gasteiger partial charge on any atom is 0.323 e. The second-order valence-corrected chi connectivity index (χ2v) is 6.05. The third-order valence-corrected chi connectivity index (χ3v) is 4.22. The number of aryl methyl sites for hydroxylation is 2. The Labute approximate surface area is 139 Å². The SMILES string of the molecule is Cc1ccc(NC(=O)Nc2ccc(-c3cscn3)cc2)cc1C. The van der Waals surface area contributed by atoms with E-state index in [0.717, 1.165) is 28.2 Å². The van der Waals surface area contributed by atoms with Crippen LogP contribution in [-0.2, 0) is 0 Å². The van der Waals surface area contributed by atoms with Gasteiger partial charge in [-0.15, -0.1) is 11.3 Å². The number of amides is 2. The van der Waals surface area contributed by atoms with Gasteiger partial charge in [-0.3, -0.25) is 0 Å². The van der Waals surface area contributed by atoms with Crippen molar-refractivity contribution < 1.29 is 4.79 Å². The number of anilines is 2. The van der Waals surface area contributed by atoms with Gasteiger partial charge in [0.1, 0.15) is 0 Å². The van der Waals surface area contributed by atoms with Gasteiger partial charge in [0.15, 0.2) is 0 Å². The number of carbonyl (C=O) groups is 1. The maximum absolute atomic E-state index is 12.1. The van der Waals surface area contributed by atoms with Crippen molar-refractivity contribution in [3.63, 3.8) is 0 Å². The molecule has 2 aromatic carbocycles. The molecule has 2 N–H and O–H groups in total. The molecule has 0 aliphatic heterocycles. The Kier molecular flexibility index (Phi) is 4.39. The number of hydrogen-bond acceptors (Lipinski definition) is 3. The lowest BCUT2D eigenvalue weighted by Gasteiger charge is -2.09. The van der Waals surface area contributed by atoms with E-state index >= 15 is 0 Å². The lowest BCUT2D eigenvalue weighted by Crippen LogP contribution is -2.19. The van der Waals surface area contributed by atoms with Gasteiger partial charge in [0, 0.05) is 22.3 Å². The van der Waals surface area contributed by atoms with E-state index in [1.807, 2.05) is 61.7 Å². The van der Waals surface area contributed by atoms with Crippen LogP contribution in [0.15, 0.2) is 53.4 Å². The third-order valence-electron chi connectivity index (χ3n) is 3.64. The number of nitrogens with zero attached hydrogens (tertiary/aromatic N) is 1. The van der Waals surface area contributed by atoms with Crippen LogP contribution < -0.4 is 10.6 Å². The van der Waals surface area contributed by atoms with Crippen LogP contribution in [0.3, 0.4) is 0 Å². The Bertz CT molecular complexity index is 811. The fourth-order valence-electron chi connectivity index (χ4n) is 2.19. The maximum atomic E-state index is 12.1. The highest BCUT2D eigenvalue weighted by molar-refractivity contribution is 7.07. The summed E-state index contributed by atoms with van der Waals surface area (Å²) in [7, 11) is 0. The molecule has 2 amide bonds. The Balaban J connectivity index is 1.64. The molecular formula is C18H17N3OS. The molecule has 0 saturated heterocycles. The molecule has 0 radical (unpaired) electrons. The zero-order chi connectivity index (χ0) is 16.2. The minimum atomic E-state index is -0.255. The number of rotatable bonds is 3. The first kappa shape index (κ1) is 15.2. The van der Waals surface area contributed by atoms with Crippen LogP contribution in [0.1, 0.15) is 11.1 Å². The molecule has 0 spiro atoms. The Hall–Kier alpha value is -2.66. The second kappa shape index (κ2) is 6.62. The average Bonchev–Trinajstić information content (AvgIpc) is 3.06. The second-order valence-electron chi connectivity index (χ2n) is 5.33. The number of aromatic nitrogens is 1. The monoisotopic (exact) mass is 323 g/mol. The van der Waals surface area contributed by atoms with E-state index in [0.29, 0.717) is 0 Å². The molecular weight excluding hydrogens is 306 g/mol. The van der Waals surface area contributed by atoms with E-state index in [9.17, 15) is 4.79 Å². The lowest BCUT2D eigenvalue weighted by atomic mass is 10.1. The number of carbonyl (C=O) groups excluding carboxylic acids is 1. The van der Waals surface area contributed by atoms with Crippen molar-refractivity contribution in [3.05, 3.63) is 64.5 Å². The first-order chi connectivity index (χ1) is 11.1. The van der Waals surface area contributed by atoms with Crippen LogP contribution >= 0.6 is 11.3 Å². The summed E-state index contributed by atoms with van der Waals surface area (Å²) < 4.78 is 0. The minimum absolute atomic E-state index is 0.255. The van der Waals surface area contributed by atoms with Crippen LogP contribution in [-0.4, -0.2) is 11.0 Å². The standard InChI is InChI=1S/C18H17N3OS/c1-12-3-6-16(9-13(12)2)21-18(22)20-15-7-4-14(5-8-15)17-10-23-11-19-17/h3-11H,1-2H3,(H2,20,21,22). The summed E-state index contributed by atoms with van der Waals surface area (Å²) in [5.41, 5.74) is 7.66. The molecule has 0 aliphatic rings. The van der Waals surface area contributed by atoms with E-state index in [4.69, 9.17) is 0 Å². The molecule has 0 unspecified atom stereocenters. The van der Waals surface area contributed by atoms with Gasteiger partial charge in [-0.25, -0.2) is 9.78 Å². The first-order valence-electron chi connectivity index (χ1n) is 7.26. The zero-order valence-corrected chi connectivity index (χ0v) is 13.8. The van der Waals surface area contributed by atoms with Crippen LogP contribution in [0.5, 0.6) is 0 Å². The van der Waals surface area contributed by atoms with Crippen molar-refractivity contribution in [2.24, 2.45) is 0 Å². The van der Waals surface area contributed by atoms with Gasteiger partial charge >= 0.3 is 6.03 Å². The van der Waals surface area contributed by atoms with Crippen molar-refractivity contribution in [1.82, 2.24) is 4.98 Å². The normalized spacial score (nSPS) is 10.3. The fraction of sp³-hybridized carbons (Fsp3) is 0.111. The zero-order valence-electron chi connectivity index (χ0n) is 13.0. The van der Waals surface area contributed by atoms with E-state index in [2.05, 4.69) is 15.6 Å². The van der Waals surface area contributed by atoms with Gasteiger partial charge in [0.25, 0.3) is 0 Å². The average molecular weight is 323 g/mol. The van der Waals surface area contributed by atoms with Crippen molar-refractivity contribution in [3.8, 4) is 11.3 Å². The molecule has 3 aromatic rings. The summed E-state index contributed by atoms with van der Waals surface area (Å²) in [4.78, 5) is 16.3. The van der Waals surface area contributed by atoms with Crippen molar-refractivity contribution in [1.29, 1.82) is 0 Å². The van der Waals surface area contributed by atoms with Gasteiger partial charge in [-0.05, 0) is 49.2 Å². The van der Waals surface area contributed by atoms with Gasteiger partial charge in [0.2, 0.25) is 0 Å². The first-order valence-corrected chi connectivity index (χ1v) is 8.20. The van der Waals surface area contributed by atoms with E-state index in [1.54, 1.807) is 16.8 Å². The summed E-state index contributed by atoms with van der Waals surface area (Å²) >= 11 is 1.56. The minimum Gasteiger partial charge on any atom is -0.308 e. The number of nitrogens with one attached hydrogen (secondary N) is 2. The fourth-order valence-corrected chi connectivity index (χ4v) is 2.75. The third kappa shape index (κ3) is 3.76. The quantitative estimate of drug-likeness (QED) is 0.707. The molecule has 0 atom stereocenters. The molecule has 23 heavy (non-hydrogen) atoms. The molecule has 1 heterocycles. The predicted molar refractivity (Wildman–Crippen MR) is 96.1 cm³/mol. The molecule has 116 valence electrons. The largest absolute Gasteiger partial charge is 0.323 e. The molecule has 0 saturated carbocycles. The lowest BCUT2D eigenvalue weighted by molar-refractivity contribution is 0.262. The topological polar surface area (TPSA) is 54.0 Å². The van der Waals surface area contributed by atoms with Crippen LogP contribution in [0.2, 0.25) is 0 Å². The van der Waals surface area contributed by atoms with Crippen LogP contribution in [0, 0.1) is 13.8 Å². The molecule has 0 aliphatic carbocycles. The van der Waals surface area contributed by atoms with Crippen molar-refractivity contribution >= 4 is 28.7 Å². The van der Waals surface area contributed by atoms with Crippen molar-refractivity contribution in [2.45, 2.75) is 13.8 Å². The van der Waals surface area contributed by atoms with Gasteiger partial charge < -0.3 is 10.6 Å². The molecule has 5 heteroatoms. The van der Waals surface area contributed by atoms with Gasteiger partial charge in [0.05, 0.1) is 11.2 Å². The smallest absolute Gasteiger partial charge is 0.308 e. The summed E-state index contributed by atoms with van der Waals surface area (Å²) in [5.74, 6) is 0. The predicted octanol–water partition coefficient (Wildman–Crippen LogP) is 5.07. The van der Waals surface area contributed by atoms with Gasteiger partial charge in [-0.2, -0.15) is 0 Å². The highest BCUT2D eigenvalue weighted by Gasteiger charge is 2.05. The van der Waals surface area contributed by atoms with E-state index < -0.39 is 0 Å². The number of urea groups is 1. The van der Waals surface area contributed by atoms with Crippen molar-refractivity contribution in [2.75, 3.05) is 10.6 Å². The summed E-state index contributed by atoms with van der Waals surface area (Å²) in [6.45, 7) is 4.07. The summed E-state index contributed by atoms with van der Waals surface area (Å²) in [6.07, 6.45) is 0. The van der Waals surface area contributed by atoms with Gasteiger partial charge in [-0.1, -0.05) is 18.2 Å².